The van der Waals surface area contributed by atoms with Crippen LogP contribution in [0.15, 0.2) is 42.5 Å². The van der Waals surface area contributed by atoms with Crippen LogP contribution in [0.5, 0.6) is 0 Å². The first-order chi connectivity index (χ1) is 9.22. The summed E-state index contributed by atoms with van der Waals surface area (Å²) in [6.07, 6.45) is 0.708. The number of benzene rings is 2. The zero-order valence-corrected chi connectivity index (χ0v) is 10.6. The van der Waals surface area contributed by atoms with Gasteiger partial charge in [-0.15, -0.1) is 0 Å². The Labute approximate surface area is 112 Å². The zero-order valence-electron chi connectivity index (χ0n) is 10.6. The molecule has 0 amide bonds. The van der Waals surface area contributed by atoms with Crippen molar-refractivity contribution in [3.05, 3.63) is 70.5 Å². The molecule has 1 aliphatic rings. The van der Waals surface area contributed by atoms with E-state index in [1.807, 2.05) is 0 Å². The summed E-state index contributed by atoms with van der Waals surface area (Å²) in [4.78, 5) is 0. The summed E-state index contributed by atoms with van der Waals surface area (Å²) in [7, 11) is 0. The third-order valence-corrected chi connectivity index (χ3v) is 3.54. The second kappa shape index (κ2) is 5.11. The van der Waals surface area contributed by atoms with Gasteiger partial charge in [-0.1, -0.05) is 30.3 Å². The Morgan fingerprint density at radius 3 is 2.58 bits per heavy atom. The van der Waals surface area contributed by atoms with Crippen LogP contribution >= 0.6 is 0 Å². The quantitative estimate of drug-likeness (QED) is 0.917. The molecule has 0 aromatic heterocycles. The highest BCUT2D eigenvalue weighted by Crippen LogP contribution is 2.24. The lowest BCUT2D eigenvalue weighted by atomic mass is 9.97. The van der Waals surface area contributed by atoms with Crippen molar-refractivity contribution in [1.82, 2.24) is 0 Å². The van der Waals surface area contributed by atoms with Gasteiger partial charge >= 0.3 is 0 Å². The van der Waals surface area contributed by atoms with Gasteiger partial charge < -0.3 is 10.5 Å². The number of hydrogen-bond acceptors (Lipinski definition) is 2. The van der Waals surface area contributed by atoms with Crippen molar-refractivity contribution in [3.63, 3.8) is 0 Å². The minimum Gasteiger partial charge on any atom is -0.372 e. The minimum atomic E-state index is -0.216. The van der Waals surface area contributed by atoms with E-state index in [-0.39, 0.29) is 11.9 Å². The maximum absolute atomic E-state index is 12.9. The molecule has 2 aromatic rings. The van der Waals surface area contributed by atoms with E-state index in [2.05, 4.69) is 18.2 Å². The first kappa shape index (κ1) is 12.3. The van der Waals surface area contributed by atoms with Gasteiger partial charge in [-0.25, -0.2) is 4.39 Å². The number of rotatable bonds is 3. The molecule has 3 heteroatoms. The molecule has 1 aliphatic heterocycles. The van der Waals surface area contributed by atoms with E-state index in [4.69, 9.17) is 10.5 Å². The minimum absolute atomic E-state index is 0.0728. The Balaban J connectivity index is 1.76. The first-order valence-corrected chi connectivity index (χ1v) is 6.42. The van der Waals surface area contributed by atoms with Gasteiger partial charge in [0.2, 0.25) is 0 Å². The first-order valence-electron chi connectivity index (χ1n) is 6.42. The van der Waals surface area contributed by atoms with Gasteiger partial charge in [-0.3, -0.25) is 0 Å². The topological polar surface area (TPSA) is 35.2 Å². The van der Waals surface area contributed by atoms with Crippen LogP contribution in [0.25, 0.3) is 0 Å². The monoisotopic (exact) mass is 257 g/mol. The molecule has 0 saturated carbocycles. The van der Waals surface area contributed by atoms with Crippen molar-refractivity contribution in [1.29, 1.82) is 0 Å². The van der Waals surface area contributed by atoms with E-state index in [1.165, 1.54) is 23.3 Å². The highest BCUT2D eigenvalue weighted by molar-refractivity contribution is 5.35. The molecule has 3 rings (SSSR count). The average molecular weight is 257 g/mol. The Kier molecular flexibility index (Phi) is 3.32. The predicted octanol–water partition coefficient (Wildman–Crippen LogP) is 3.10. The molecule has 1 heterocycles. The molecular formula is C16H16FNO. The average Bonchev–Trinajstić information content (AvgIpc) is 2.88. The summed E-state index contributed by atoms with van der Waals surface area (Å²) in [5.41, 5.74) is 10.9. The molecule has 19 heavy (non-hydrogen) atoms. The highest BCUT2D eigenvalue weighted by atomic mass is 19.1. The lowest BCUT2D eigenvalue weighted by molar-refractivity contribution is 0.134. The van der Waals surface area contributed by atoms with E-state index in [9.17, 15) is 4.39 Å². The number of hydrogen-bond donors (Lipinski definition) is 1. The molecule has 0 fully saturated rings. The fourth-order valence-corrected chi connectivity index (χ4v) is 2.41. The third kappa shape index (κ3) is 2.67. The van der Waals surface area contributed by atoms with Gasteiger partial charge in [0.1, 0.15) is 5.82 Å². The van der Waals surface area contributed by atoms with Gasteiger partial charge in [-0.2, -0.15) is 0 Å². The molecule has 98 valence electrons. The van der Waals surface area contributed by atoms with Gasteiger partial charge in [0.05, 0.1) is 13.2 Å². The Hall–Kier alpha value is -1.71. The van der Waals surface area contributed by atoms with Crippen LogP contribution in [0.4, 0.5) is 4.39 Å². The van der Waals surface area contributed by atoms with Crippen molar-refractivity contribution in [2.24, 2.45) is 5.73 Å². The summed E-state index contributed by atoms with van der Waals surface area (Å²) in [6, 6.07) is 12.7. The van der Waals surface area contributed by atoms with Crippen molar-refractivity contribution in [2.75, 3.05) is 0 Å². The smallest absolute Gasteiger partial charge is 0.123 e. The second-order valence-electron chi connectivity index (χ2n) is 4.96. The van der Waals surface area contributed by atoms with E-state index in [0.29, 0.717) is 19.6 Å². The largest absolute Gasteiger partial charge is 0.372 e. The van der Waals surface area contributed by atoms with Gasteiger partial charge in [-0.05, 0) is 40.8 Å². The summed E-state index contributed by atoms with van der Waals surface area (Å²) < 4.78 is 18.3. The number of nitrogens with two attached hydrogens (primary N) is 1. The Morgan fingerprint density at radius 1 is 1.05 bits per heavy atom. The summed E-state index contributed by atoms with van der Waals surface area (Å²) in [5.74, 6) is -0.216. The van der Waals surface area contributed by atoms with E-state index >= 15 is 0 Å². The maximum atomic E-state index is 12.9. The second-order valence-corrected chi connectivity index (χ2v) is 4.96. The van der Waals surface area contributed by atoms with E-state index < -0.39 is 0 Å². The molecule has 2 nitrogen and oxygen atoms in total. The molecule has 0 aliphatic carbocycles. The molecule has 0 saturated heterocycles. The maximum Gasteiger partial charge on any atom is 0.123 e. The Morgan fingerprint density at radius 2 is 1.79 bits per heavy atom. The molecule has 0 bridgehead atoms. The zero-order chi connectivity index (χ0) is 13.2. The molecular weight excluding hydrogens is 241 g/mol. The number of fused-ring (bicyclic) bond motifs is 1. The van der Waals surface area contributed by atoms with Gasteiger partial charge in [0.25, 0.3) is 0 Å². The van der Waals surface area contributed by atoms with Crippen LogP contribution in [-0.2, 0) is 24.4 Å². The van der Waals surface area contributed by atoms with Gasteiger partial charge in [0, 0.05) is 6.04 Å². The Bertz CT molecular complexity index is 580. The molecule has 2 N–H and O–H groups in total. The fraction of sp³-hybridized carbons (Fsp3) is 0.250. The van der Waals surface area contributed by atoms with Crippen molar-refractivity contribution in [2.45, 2.75) is 25.7 Å². The summed E-state index contributed by atoms with van der Waals surface area (Å²) in [5, 5.41) is 0. The SMILES string of the molecule is NC(Cc1ccc(F)cc1)c1ccc2c(c1)COC2. The molecule has 0 radical (unpaired) electrons. The third-order valence-electron chi connectivity index (χ3n) is 3.54. The van der Waals surface area contributed by atoms with Crippen LogP contribution in [0.2, 0.25) is 0 Å². The van der Waals surface area contributed by atoms with Gasteiger partial charge in [0.15, 0.2) is 0 Å². The van der Waals surface area contributed by atoms with Crippen LogP contribution in [0.1, 0.15) is 28.3 Å². The molecule has 2 aromatic carbocycles. The normalized spacial score (nSPS) is 15.3. The molecule has 1 atom stereocenters. The standard InChI is InChI=1S/C16H16FNO/c17-15-5-1-11(2-6-15)7-16(18)12-3-4-13-9-19-10-14(13)8-12/h1-6,8,16H,7,9-10,18H2. The fourth-order valence-electron chi connectivity index (χ4n) is 2.41. The summed E-state index contributed by atoms with van der Waals surface area (Å²) in [6.45, 7) is 1.37. The predicted molar refractivity (Wildman–Crippen MR) is 72.0 cm³/mol. The number of ether oxygens (including phenoxy) is 1. The number of halogens is 1. The lowest BCUT2D eigenvalue weighted by Crippen LogP contribution is -2.13. The highest BCUT2D eigenvalue weighted by Gasteiger charge is 2.14. The van der Waals surface area contributed by atoms with Crippen molar-refractivity contribution in [3.8, 4) is 0 Å². The lowest BCUT2D eigenvalue weighted by Gasteiger charge is -2.13. The van der Waals surface area contributed by atoms with Crippen LogP contribution in [0.3, 0.4) is 0 Å². The molecule has 1 unspecified atom stereocenters. The van der Waals surface area contributed by atoms with Crippen LogP contribution in [0, 0.1) is 5.82 Å². The molecule has 0 spiro atoms. The van der Waals surface area contributed by atoms with E-state index in [0.717, 1.165) is 11.1 Å². The van der Waals surface area contributed by atoms with Crippen LogP contribution in [-0.4, -0.2) is 0 Å². The van der Waals surface area contributed by atoms with Crippen LogP contribution < -0.4 is 5.73 Å². The van der Waals surface area contributed by atoms with E-state index in [1.54, 1.807) is 12.1 Å². The van der Waals surface area contributed by atoms with Crippen molar-refractivity contribution < 1.29 is 9.13 Å². The summed E-state index contributed by atoms with van der Waals surface area (Å²) >= 11 is 0. The van der Waals surface area contributed by atoms with Crippen molar-refractivity contribution >= 4 is 0 Å².